The fraction of sp³-hybridized carbons (Fsp3) is 0.824. The summed E-state index contributed by atoms with van der Waals surface area (Å²) in [5.41, 5.74) is 0. The van der Waals surface area contributed by atoms with E-state index < -0.39 is 0 Å². The molecular weight excluding hydrogens is 294 g/mol. The van der Waals surface area contributed by atoms with Crippen molar-refractivity contribution >= 4 is 17.8 Å². The van der Waals surface area contributed by atoms with Gasteiger partial charge in [0.2, 0.25) is 11.8 Å². The highest BCUT2D eigenvalue weighted by Gasteiger charge is 2.35. The van der Waals surface area contributed by atoms with E-state index in [9.17, 15) is 14.4 Å². The lowest BCUT2D eigenvalue weighted by Crippen LogP contribution is -2.43. The summed E-state index contributed by atoms with van der Waals surface area (Å²) in [6.45, 7) is 14.0. The molecule has 2 saturated heterocycles. The normalized spacial score (nSPS) is 23.0. The van der Waals surface area contributed by atoms with E-state index in [-0.39, 0.29) is 38.2 Å². The van der Waals surface area contributed by atoms with Crippen molar-refractivity contribution in [2.24, 2.45) is 11.8 Å². The predicted molar refractivity (Wildman–Crippen MR) is 94.1 cm³/mol. The molecule has 0 aliphatic carbocycles. The fourth-order valence-corrected chi connectivity index (χ4v) is 2.59. The van der Waals surface area contributed by atoms with Crippen LogP contribution in [0.25, 0.3) is 0 Å². The molecule has 0 aromatic rings. The highest BCUT2D eigenvalue weighted by molar-refractivity contribution is 6.03. The van der Waals surface area contributed by atoms with Crippen LogP contribution >= 0.6 is 0 Å². The smallest absolute Gasteiger partial charge is 0.317 e. The number of carbonyl (C=O) groups excluding carboxylic acids is 3. The van der Waals surface area contributed by atoms with Gasteiger partial charge in [-0.3, -0.25) is 14.5 Å². The number of rotatable bonds is 3. The van der Waals surface area contributed by atoms with Crippen molar-refractivity contribution in [1.29, 1.82) is 0 Å². The molecule has 0 bridgehead atoms. The molecule has 0 aromatic carbocycles. The molecule has 6 heteroatoms. The molecule has 2 aliphatic heterocycles. The monoisotopic (exact) mass is 329 g/mol. The summed E-state index contributed by atoms with van der Waals surface area (Å²) < 4.78 is 0. The number of hydrogen-bond acceptors (Lipinski definition) is 3. The van der Waals surface area contributed by atoms with Gasteiger partial charge in [-0.1, -0.05) is 41.5 Å². The standard InChI is InChI=1S/C13H21N3O3.2C2H6.H2/c1-9-3-5-15(8-9)13(19)14-4-6-16-11(17)7-10(2)12(16)18;2*1-2;/h9-10H,3-8H2,1-2H3,(H,14,19);2*1-2H3;1H. The third-order valence-electron chi connectivity index (χ3n) is 3.79. The maximum Gasteiger partial charge on any atom is 0.317 e. The molecule has 2 rings (SSSR count). The minimum atomic E-state index is -0.220. The summed E-state index contributed by atoms with van der Waals surface area (Å²) in [6.07, 6.45) is 1.32. The van der Waals surface area contributed by atoms with Crippen LogP contribution in [0.1, 0.15) is 55.8 Å². The summed E-state index contributed by atoms with van der Waals surface area (Å²) in [5, 5.41) is 2.77. The van der Waals surface area contributed by atoms with Crippen LogP contribution < -0.4 is 5.32 Å². The van der Waals surface area contributed by atoms with Crippen LogP contribution in [-0.4, -0.2) is 53.8 Å². The number of urea groups is 1. The second kappa shape index (κ2) is 11.0. The van der Waals surface area contributed by atoms with Gasteiger partial charge in [0, 0.05) is 39.9 Å². The molecular formula is C17H35N3O3. The molecule has 1 N–H and O–H groups in total. The topological polar surface area (TPSA) is 69.7 Å². The first-order valence-corrected chi connectivity index (χ1v) is 8.86. The van der Waals surface area contributed by atoms with Gasteiger partial charge in [0.15, 0.2) is 0 Å². The first-order valence-electron chi connectivity index (χ1n) is 8.86. The lowest BCUT2D eigenvalue weighted by molar-refractivity contribution is -0.139. The van der Waals surface area contributed by atoms with Gasteiger partial charge in [-0.05, 0) is 12.3 Å². The van der Waals surface area contributed by atoms with Crippen LogP contribution in [0, 0.1) is 11.8 Å². The van der Waals surface area contributed by atoms with Gasteiger partial charge in [0.25, 0.3) is 0 Å². The van der Waals surface area contributed by atoms with Gasteiger partial charge >= 0.3 is 6.03 Å². The average Bonchev–Trinajstić information content (AvgIpc) is 3.09. The highest BCUT2D eigenvalue weighted by atomic mass is 16.2. The Kier molecular flexibility index (Phi) is 10.3. The van der Waals surface area contributed by atoms with Gasteiger partial charge in [0.05, 0.1) is 0 Å². The number of nitrogens with zero attached hydrogens (tertiary/aromatic N) is 2. The Morgan fingerprint density at radius 2 is 1.83 bits per heavy atom. The van der Waals surface area contributed by atoms with E-state index in [0.29, 0.717) is 12.5 Å². The van der Waals surface area contributed by atoms with Crippen molar-refractivity contribution in [3.05, 3.63) is 0 Å². The van der Waals surface area contributed by atoms with Gasteiger partial charge in [-0.25, -0.2) is 4.79 Å². The molecule has 4 amide bonds. The summed E-state index contributed by atoms with van der Waals surface area (Å²) in [6, 6.07) is -0.100. The zero-order chi connectivity index (χ0) is 18.0. The summed E-state index contributed by atoms with van der Waals surface area (Å²) >= 11 is 0. The van der Waals surface area contributed by atoms with E-state index in [1.165, 1.54) is 4.90 Å². The third-order valence-corrected chi connectivity index (χ3v) is 3.79. The molecule has 0 aromatic heterocycles. The van der Waals surface area contributed by atoms with Crippen LogP contribution in [-0.2, 0) is 9.59 Å². The van der Waals surface area contributed by atoms with Crippen molar-refractivity contribution in [3.8, 4) is 0 Å². The second-order valence-corrected chi connectivity index (χ2v) is 5.56. The first kappa shape index (κ1) is 21.4. The van der Waals surface area contributed by atoms with Crippen molar-refractivity contribution in [3.63, 3.8) is 0 Å². The molecule has 2 aliphatic rings. The number of hydrogen-bond donors (Lipinski definition) is 1. The van der Waals surface area contributed by atoms with Crippen LogP contribution in [0.4, 0.5) is 4.79 Å². The van der Waals surface area contributed by atoms with E-state index in [4.69, 9.17) is 0 Å². The first-order chi connectivity index (χ1) is 11.0. The molecule has 2 heterocycles. The molecule has 0 saturated carbocycles. The van der Waals surface area contributed by atoms with Crippen molar-refractivity contribution in [1.82, 2.24) is 15.1 Å². The highest BCUT2D eigenvalue weighted by Crippen LogP contribution is 2.18. The minimum Gasteiger partial charge on any atom is -0.336 e. The summed E-state index contributed by atoms with van der Waals surface area (Å²) in [7, 11) is 0. The largest absolute Gasteiger partial charge is 0.336 e. The Labute approximate surface area is 142 Å². The van der Waals surface area contributed by atoms with Crippen molar-refractivity contribution in [2.45, 2.75) is 54.4 Å². The Hall–Kier alpha value is -1.59. The zero-order valence-corrected chi connectivity index (χ0v) is 15.5. The Bertz CT molecular complexity index is 405. The Morgan fingerprint density at radius 1 is 1.22 bits per heavy atom. The molecule has 2 atom stereocenters. The van der Waals surface area contributed by atoms with Crippen LogP contribution in [0.2, 0.25) is 0 Å². The maximum absolute atomic E-state index is 11.8. The molecule has 0 radical (unpaired) electrons. The number of carbonyl (C=O) groups is 3. The SMILES string of the molecule is CC.CC.CC1CCN(C(=O)NCCN2C(=O)CC(C)C2=O)C1.[HH]. The van der Waals surface area contributed by atoms with Crippen molar-refractivity contribution < 1.29 is 15.8 Å². The number of likely N-dealkylation sites (tertiary alicyclic amines) is 2. The summed E-state index contributed by atoms with van der Waals surface area (Å²) in [5.74, 6) is 0.0616. The quantitative estimate of drug-likeness (QED) is 0.809. The molecule has 23 heavy (non-hydrogen) atoms. The lowest BCUT2D eigenvalue weighted by Gasteiger charge is -2.19. The molecule has 2 fully saturated rings. The molecule has 136 valence electrons. The van der Waals surface area contributed by atoms with E-state index in [0.717, 1.165) is 19.5 Å². The van der Waals surface area contributed by atoms with E-state index in [1.807, 2.05) is 27.7 Å². The van der Waals surface area contributed by atoms with E-state index in [1.54, 1.807) is 11.8 Å². The second-order valence-electron chi connectivity index (χ2n) is 5.56. The van der Waals surface area contributed by atoms with E-state index in [2.05, 4.69) is 12.2 Å². The van der Waals surface area contributed by atoms with E-state index >= 15 is 0 Å². The zero-order valence-electron chi connectivity index (χ0n) is 15.5. The number of amides is 4. The molecule has 6 nitrogen and oxygen atoms in total. The Balaban J connectivity index is 0. The van der Waals surface area contributed by atoms with Crippen LogP contribution in [0.15, 0.2) is 0 Å². The van der Waals surface area contributed by atoms with Gasteiger partial charge < -0.3 is 10.2 Å². The van der Waals surface area contributed by atoms with Crippen LogP contribution in [0.5, 0.6) is 0 Å². The lowest BCUT2D eigenvalue weighted by atomic mass is 10.1. The van der Waals surface area contributed by atoms with Crippen LogP contribution in [0.3, 0.4) is 0 Å². The fourth-order valence-electron chi connectivity index (χ4n) is 2.59. The molecule has 2 unspecified atom stereocenters. The predicted octanol–water partition coefficient (Wildman–Crippen LogP) is 2.73. The number of nitrogens with one attached hydrogen (secondary N) is 1. The molecule has 0 spiro atoms. The van der Waals surface area contributed by atoms with Gasteiger partial charge in [-0.2, -0.15) is 0 Å². The third kappa shape index (κ3) is 6.20. The minimum absolute atomic E-state index is 0. The maximum atomic E-state index is 11.8. The van der Waals surface area contributed by atoms with Crippen molar-refractivity contribution in [2.75, 3.05) is 26.2 Å². The summed E-state index contributed by atoms with van der Waals surface area (Å²) in [4.78, 5) is 38.1. The van der Waals surface area contributed by atoms with Gasteiger partial charge in [0.1, 0.15) is 0 Å². The Morgan fingerprint density at radius 3 is 2.26 bits per heavy atom. The average molecular weight is 329 g/mol. The van der Waals surface area contributed by atoms with Gasteiger partial charge in [-0.15, -0.1) is 0 Å². The number of imide groups is 1.